The Bertz CT molecular complexity index is 447. The van der Waals surface area contributed by atoms with Crippen LogP contribution in [0, 0.1) is 0 Å². The number of thiophene rings is 1. The summed E-state index contributed by atoms with van der Waals surface area (Å²) in [5, 5.41) is 0. The molecule has 0 aromatic carbocycles. The molecule has 1 aliphatic rings. The lowest BCUT2D eigenvalue weighted by Gasteiger charge is -2.25. The zero-order valence-electron chi connectivity index (χ0n) is 9.05. The molecule has 0 amide bonds. The smallest absolute Gasteiger partial charge is 0.252 e. The fourth-order valence-corrected chi connectivity index (χ4v) is 4.74. The van der Waals surface area contributed by atoms with E-state index in [-0.39, 0.29) is 0 Å². The van der Waals surface area contributed by atoms with Gasteiger partial charge in [-0.3, -0.25) is 0 Å². The minimum atomic E-state index is -3.26. The number of hydrogen-bond donors (Lipinski definition) is 1. The minimum Gasteiger partial charge on any atom is -0.326 e. The van der Waals surface area contributed by atoms with Crippen molar-refractivity contribution >= 4 is 21.4 Å². The van der Waals surface area contributed by atoms with E-state index in [0.29, 0.717) is 23.8 Å². The van der Waals surface area contributed by atoms with Crippen molar-refractivity contribution in [2.24, 2.45) is 5.73 Å². The fourth-order valence-electron chi connectivity index (χ4n) is 1.84. The predicted octanol–water partition coefficient (Wildman–Crippen LogP) is 1.38. The quantitative estimate of drug-likeness (QED) is 0.893. The standard InChI is InChI=1S/C10H16N2O2S2/c11-8-9-4-5-10(15-9)16(13,14)12-6-2-1-3-7-12/h4-5H,1-3,6-8,11H2. The second-order valence-electron chi connectivity index (χ2n) is 3.89. The van der Waals surface area contributed by atoms with Gasteiger partial charge in [-0.25, -0.2) is 8.42 Å². The zero-order valence-corrected chi connectivity index (χ0v) is 10.7. The molecule has 4 nitrogen and oxygen atoms in total. The molecule has 0 atom stereocenters. The first-order valence-electron chi connectivity index (χ1n) is 5.43. The first kappa shape index (κ1) is 12.0. The summed E-state index contributed by atoms with van der Waals surface area (Å²) in [6.07, 6.45) is 3.06. The molecule has 2 heterocycles. The van der Waals surface area contributed by atoms with Crippen molar-refractivity contribution in [3.05, 3.63) is 17.0 Å². The summed E-state index contributed by atoms with van der Waals surface area (Å²) in [5.41, 5.74) is 5.49. The molecule has 0 bridgehead atoms. The van der Waals surface area contributed by atoms with Crippen molar-refractivity contribution in [1.82, 2.24) is 4.31 Å². The van der Waals surface area contributed by atoms with Crippen LogP contribution in [0.4, 0.5) is 0 Å². The van der Waals surface area contributed by atoms with Gasteiger partial charge < -0.3 is 5.73 Å². The predicted molar refractivity (Wildman–Crippen MR) is 64.8 cm³/mol. The molecule has 2 N–H and O–H groups in total. The lowest BCUT2D eigenvalue weighted by atomic mass is 10.2. The Hall–Kier alpha value is -0.430. The van der Waals surface area contributed by atoms with Gasteiger partial charge in [0, 0.05) is 24.5 Å². The van der Waals surface area contributed by atoms with Gasteiger partial charge in [-0.1, -0.05) is 6.42 Å². The Kier molecular flexibility index (Phi) is 3.63. The highest BCUT2D eigenvalue weighted by atomic mass is 32.2. The van der Waals surface area contributed by atoms with Gasteiger partial charge in [0.25, 0.3) is 10.0 Å². The van der Waals surface area contributed by atoms with E-state index in [0.717, 1.165) is 24.1 Å². The SMILES string of the molecule is NCc1ccc(S(=O)(=O)N2CCCCC2)s1. The molecule has 6 heteroatoms. The van der Waals surface area contributed by atoms with Gasteiger partial charge in [0.2, 0.25) is 0 Å². The van der Waals surface area contributed by atoms with Gasteiger partial charge in [-0.2, -0.15) is 4.31 Å². The molecule has 0 spiro atoms. The molecule has 0 aliphatic carbocycles. The number of rotatable bonds is 3. The number of sulfonamides is 1. The van der Waals surface area contributed by atoms with Crippen molar-refractivity contribution in [2.75, 3.05) is 13.1 Å². The summed E-state index contributed by atoms with van der Waals surface area (Å²) in [6.45, 7) is 1.70. The summed E-state index contributed by atoms with van der Waals surface area (Å²) in [7, 11) is -3.26. The number of piperidine rings is 1. The lowest BCUT2D eigenvalue weighted by molar-refractivity contribution is 0.347. The first-order valence-corrected chi connectivity index (χ1v) is 7.69. The van der Waals surface area contributed by atoms with Crippen LogP contribution in [0.25, 0.3) is 0 Å². The molecule has 0 saturated carbocycles. The second-order valence-corrected chi connectivity index (χ2v) is 7.22. The molecule has 90 valence electrons. The van der Waals surface area contributed by atoms with E-state index in [2.05, 4.69) is 0 Å². The topological polar surface area (TPSA) is 63.4 Å². The Morgan fingerprint density at radius 1 is 1.25 bits per heavy atom. The number of hydrogen-bond acceptors (Lipinski definition) is 4. The van der Waals surface area contributed by atoms with Gasteiger partial charge in [0.1, 0.15) is 4.21 Å². The molecule has 0 unspecified atom stereocenters. The normalized spacial score (nSPS) is 18.8. The molecular formula is C10H16N2O2S2. The maximum atomic E-state index is 12.2. The Morgan fingerprint density at radius 3 is 2.50 bits per heavy atom. The van der Waals surface area contributed by atoms with E-state index in [1.807, 2.05) is 0 Å². The van der Waals surface area contributed by atoms with Crippen molar-refractivity contribution in [2.45, 2.75) is 30.0 Å². The highest BCUT2D eigenvalue weighted by Gasteiger charge is 2.27. The van der Waals surface area contributed by atoms with Crippen LogP contribution in [0.15, 0.2) is 16.3 Å². The van der Waals surface area contributed by atoms with Crippen molar-refractivity contribution in [1.29, 1.82) is 0 Å². The first-order chi connectivity index (χ1) is 7.64. The molecule has 1 aromatic rings. The Balaban J connectivity index is 2.23. The molecule has 1 saturated heterocycles. The molecule has 16 heavy (non-hydrogen) atoms. The average Bonchev–Trinajstić information content (AvgIpc) is 2.79. The average molecular weight is 260 g/mol. The highest BCUT2D eigenvalue weighted by Crippen LogP contribution is 2.26. The third-order valence-electron chi connectivity index (χ3n) is 2.75. The van der Waals surface area contributed by atoms with E-state index in [9.17, 15) is 8.42 Å². The molecule has 1 aromatic heterocycles. The molecule has 2 rings (SSSR count). The van der Waals surface area contributed by atoms with Crippen LogP contribution >= 0.6 is 11.3 Å². The second kappa shape index (κ2) is 4.83. The summed E-state index contributed by atoms with van der Waals surface area (Å²) < 4.78 is 26.4. The Morgan fingerprint density at radius 2 is 1.94 bits per heavy atom. The molecule has 1 fully saturated rings. The largest absolute Gasteiger partial charge is 0.326 e. The zero-order chi connectivity index (χ0) is 11.6. The van der Waals surface area contributed by atoms with Crippen molar-refractivity contribution in [3.63, 3.8) is 0 Å². The van der Waals surface area contributed by atoms with Crippen LogP contribution < -0.4 is 5.73 Å². The lowest BCUT2D eigenvalue weighted by Crippen LogP contribution is -2.35. The maximum absolute atomic E-state index is 12.2. The highest BCUT2D eigenvalue weighted by molar-refractivity contribution is 7.91. The Labute approximate surface area is 100 Å². The monoisotopic (exact) mass is 260 g/mol. The van der Waals surface area contributed by atoms with E-state index < -0.39 is 10.0 Å². The van der Waals surface area contributed by atoms with Gasteiger partial charge in [-0.15, -0.1) is 11.3 Å². The van der Waals surface area contributed by atoms with E-state index >= 15 is 0 Å². The third-order valence-corrected chi connectivity index (χ3v) is 6.22. The molecule has 1 aliphatic heterocycles. The minimum absolute atomic E-state index is 0.403. The van der Waals surface area contributed by atoms with Crippen molar-refractivity contribution in [3.8, 4) is 0 Å². The summed E-state index contributed by atoms with van der Waals surface area (Å²) in [6, 6.07) is 3.46. The van der Waals surface area contributed by atoms with Crippen LogP contribution in [-0.2, 0) is 16.6 Å². The number of nitrogens with two attached hydrogens (primary N) is 1. The van der Waals surface area contributed by atoms with Crippen LogP contribution in [0.1, 0.15) is 24.1 Å². The van der Waals surface area contributed by atoms with Crippen LogP contribution in [0.2, 0.25) is 0 Å². The van der Waals surface area contributed by atoms with Crippen LogP contribution in [0.5, 0.6) is 0 Å². The summed E-state index contributed by atoms with van der Waals surface area (Å²) in [5.74, 6) is 0. The van der Waals surface area contributed by atoms with Gasteiger partial charge in [0.05, 0.1) is 0 Å². The van der Waals surface area contributed by atoms with Crippen LogP contribution in [0.3, 0.4) is 0 Å². The number of nitrogens with zero attached hydrogens (tertiary/aromatic N) is 1. The maximum Gasteiger partial charge on any atom is 0.252 e. The van der Waals surface area contributed by atoms with E-state index in [4.69, 9.17) is 5.73 Å². The van der Waals surface area contributed by atoms with Gasteiger partial charge in [-0.05, 0) is 25.0 Å². The fraction of sp³-hybridized carbons (Fsp3) is 0.600. The van der Waals surface area contributed by atoms with Gasteiger partial charge in [0.15, 0.2) is 0 Å². The molecular weight excluding hydrogens is 244 g/mol. The third kappa shape index (κ3) is 2.29. The van der Waals surface area contributed by atoms with Gasteiger partial charge >= 0.3 is 0 Å². The summed E-state index contributed by atoms with van der Waals surface area (Å²) >= 11 is 1.28. The van der Waals surface area contributed by atoms with E-state index in [1.54, 1.807) is 16.4 Å². The molecule has 0 radical (unpaired) electrons. The summed E-state index contributed by atoms with van der Waals surface area (Å²) in [4.78, 5) is 0.913. The van der Waals surface area contributed by atoms with Crippen molar-refractivity contribution < 1.29 is 8.42 Å². The van der Waals surface area contributed by atoms with Crippen LogP contribution in [-0.4, -0.2) is 25.8 Å². The van der Waals surface area contributed by atoms with E-state index in [1.165, 1.54) is 11.3 Å².